The van der Waals surface area contributed by atoms with E-state index in [-0.39, 0.29) is 18.6 Å². The lowest BCUT2D eigenvalue weighted by atomic mass is 10.0. The van der Waals surface area contributed by atoms with Crippen LogP contribution in [0.4, 0.5) is 0 Å². The maximum Gasteiger partial charge on any atom is 0.246 e. The molecule has 2 rings (SSSR count). The van der Waals surface area contributed by atoms with Gasteiger partial charge in [0.15, 0.2) is 0 Å². The van der Waals surface area contributed by atoms with Crippen LogP contribution in [0.5, 0.6) is 0 Å². The largest absolute Gasteiger partial charge is 0.394 e. The molecule has 0 aromatic heterocycles. The molecule has 1 atom stereocenters. The maximum absolute atomic E-state index is 12.2. The lowest BCUT2D eigenvalue weighted by molar-refractivity contribution is -0.130. The Morgan fingerprint density at radius 3 is 2.90 bits per heavy atom. The number of carbonyl (C=O) groups excluding carboxylic acids is 1. The first-order chi connectivity index (χ1) is 9.61. The molecule has 1 aromatic carbocycles. The average molecular weight is 314 g/mol. The summed E-state index contributed by atoms with van der Waals surface area (Å²) in [5.41, 5.74) is 0.752. The highest BCUT2D eigenvalue weighted by molar-refractivity contribution is 6.35. The van der Waals surface area contributed by atoms with Gasteiger partial charge in [-0.1, -0.05) is 29.3 Å². The van der Waals surface area contributed by atoms with Crippen molar-refractivity contribution in [3.05, 3.63) is 39.9 Å². The van der Waals surface area contributed by atoms with Gasteiger partial charge in [-0.2, -0.15) is 0 Å². The number of amides is 1. The zero-order valence-electron chi connectivity index (χ0n) is 11.1. The van der Waals surface area contributed by atoms with Crippen LogP contribution in [0, 0.1) is 0 Å². The Labute approximate surface area is 128 Å². The fourth-order valence-electron chi connectivity index (χ4n) is 2.37. The summed E-state index contributed by atoms with van der Waals surface area (Å²) in [5.74, 6) is -0.0882. The van der Waals surface area contributed by atoms with Gasteiger partial charge in [0.25, 0.3) is 0 Å². The summed E-state index contributed by atoms with van der Waals surface area (Å²) in [5, 5.41) is 10.4. The van der Waals surface area contributed by atoms with Crippen molar-refractivity contribution in [3.63, 3.8) is 0 Å². The lowest BCUT2D eigenvalue weighted by Crippen LogP contribution is -2.44. The minimum absolute atomic E-state index is 0.0152. The molecule has 1 heterocycles. The fraction of sp³-hybridized carbons (Fsp3) is 0.400. The van der Waals surface area contributed by atoms with E-state index in [4.69, 9.17) is 23.2 Å². The molecular formula is C15H17Cl2NO2. The van der Waals surface area contributed by atoms with Gasteiger partial charge in [-0.25, -0.2) is 0 Å². The first-order valence-corrected chi connectivity index (χ1v) is 7.42. The molecule has 1 saturated heterocycles. The Morgan fingerprint density at radius 2 is 2.20 bits per heavy atom. The van der Waals surface area contributed by atoms with Crippen molar-refractivity contribution in [2.24, 2.45) is 0 Å². The van der Waals surface area contributed by atoms with Crippen molar-refractivity contribution < 1.29 is 9.90 Å². The summed E-state index contributed by atoms with van der Waals surface area (Å²) < 4.78 is 0. The molecule has 1 amide bonds. The third-order valence-electron chi connectivity index (χ3n) is 3.49. The topological polar surface area (TPSA) is 40.5 Å². The van der Waals surface area contributed by atoms with Crippen molar-refractivity contribution >= 4 is 35.2 Å². The van der Waals surface area contributed by atoms with E-state index in [9.17, 15) is 9.90 Å². The van der Waals surface area contributed by atoms with E-state index in [0.717, 1.165) is 24.8 Å². The summed E-state index contributed by atoms with van der Waals surface area (Å²) in [7, 11) is 0. The second-order valence-electron chi connectivity index (χ2n) is 4.86. The number of aliphatic hydroxyl groups excluding tert-OH is 1. The van der Waals surface area contributed by atoms with Gasteiger partial charge in [0.1, 0.15) is 0 Å². The second-order valence-corrected chi connectivity index (χ2v) is 5.71. The van der Waals surface area contributed by atoms with Crippen molar-refractivity contribution in [2.45, 2.75) is 25.3 Å². The van der Waals surface area contributed by atoms with E-state index in [1.54, 1.807) is 29.2 Å². The highest BCUT2D eigenvalue weighted by Crippen LogP contribution is 2.22. The van der Waals surface area contributed by atoms with Gasteiger partial charge in [-0.15, -0.1) is 0 Å². The predicted octanol–water partition coefficient (Wildman–Crippen LogP) is 3.38. The van der Waals surface area contributed by atoms with Crippen LogP contribution < -0.4 is 0 Å². The highest BCUT2D eigenvalue weighted by atomic mass is 35.5. The Balaban J connectivity index is 2.08. The molecule has 1 aliphatic rings. The molecule has 0 radical (unpaired) electrons. The number of nitrogens with zero attached hydrogens (tertiary/aromatic N) is 1. The molecular weight excluding hydrogens is 297 g/mol. The molecule has 1 unspecified atom stereocenters. The van der Waals surface area contributed by atoms with E-state index in [0.29, 0.717) is 16.6 Å². The third kappa shape index (κ3) is 3.75. The third-order valence-corrected chi connectivity index (χ3v) is 4.05. The van der Waals surface area contributed by atoms with Gasteiger partial charge in [-0.05, 0) is 43.0 Å². The number of rotatable bonds is 3. The Kier molecular flexibility index (Phi) is 5.46. The number of benzene rings is 1. The summed E-state index contributed by atoms with van der Waals surface area (Å²) in [6, 6.07) is 5.08. The minimum atomic E-state index is -0.0882. The van der Waals surface area contributed by atoms with Crippen LogP contribution in [0.15, 0.2) is 24.3 Å². The molecule has 20 heavy (non-hydrogen) atoms. The number of hydrogen-bond acceptors (Lipinski definition) is 2. The quantitative estimate of drug-likeness (QED) is 0.869. The van der Waals surface area contributed by atoms with Crippen LogP contribution in [0.1, 0.15) is 24.8 Å². The maximum atomic E-state index is 12.2. The SMILES string of the molecule is O=C(/C=C/c1ccc(Cl)cc1Cl)N1CCCCC1CO. The molecule has 0 spiro atoms. The minimum Gasteiger partial charge on any atom is -0.394 e. The zero-order valence-corrected chi connectivity index (χ0v) is 12.6. The average Bonchev–Trinajstić information content (AvgIpc) is 2.46. The van der Waals surface area contributed by atoms with Gasteiger partial charge >= 0.3 is 0 Å². The number of halogens is 2. The summed E-state index contributed by atoms with van der Waals surface area (Å²) >= 11 is 11.9. The smallest absolute Gasteiger partial charge is 0.246 e. The van der Waals surface area contributed by atoms with E-state index >= 15 is 0 Å². The molecule has 0 bridgehead atoms. The monoisotopic (exact) mass is 313 g/mol. The van der Waals surface area contributed by atoms with Crippen LogP contribution >= 0.6 is 23.2 Å². The highest BCUT2D eigenvalue weighted by Gasteiger charge is 2.24. The molecule has 1 N–H and O–H groups in total. The molecule has 1 aromatic rings. The van der Waals surface area contributed by atoms with Crippen LogP contribution in [-0.2, 0) is 4.79 Å². The van der Waals surface area contributed by atoms with Gasteiger partial charge in [0.05, 0.1) is 12.6 Å². The standard InChI is InChI=1S/C15H17Cl2NO2/c16-12-6-4-11(14(17)9-12)5-7-15(20)18-8-2-1-3-13(18)10-19/h4-7,9,13,19H,1-3,8,10H2/b7-5+. The molecule has 5 heteroatoms. The van der Waals surface area contributed by atoms with Gasteiger partial charge < -0.3 is 10.0 Å². The Hall–Kier alpha value is -1.03. The Morgan fingerprint density at radius 1 is 1.40 bits per heavy atom. The Bertz CT molecular complexity index is 517. The second kappa shape index (κ2) is 7.11. The van der Waals surface area contributed by atoms with Crippen LogP contribution in [0.25, 0.3) is 6.08 Å². The lowest BCUT2D eigenvalue weighted by Gasteiger charge is -2.33. The van der Waals surface area contributed by atoms with E-state index in [1.807, 2.05) is 0 Å². The number of aliphatic hydroxyl groups is 1. The first kappa shape index (κ1) is 15.4. The van der Waals surface area contributed by atoms with Crippen LogP contribution in [-0.4, -0.2) is 35.1 Å². The summed E-state index contributed by atoms with van der Waals surface area (Å²) in [6.07, 6.45) is 6.09. The predicted molar refractivity (Wildman–Crippen MR) is 81.9 cm³/mol. The van der Waals surface area contributed by atoms with Gasteiger partial charge in [0, 0.05) is 22.7 Å². The number of carbonyl (C=O) groups is 1. The van der Waals surface area contributed by atoms with Crippen molar-refractivity contribution in [1.29, 1.82) is 0 Å². The van der Waals surface area contributed by atoms with E-state index < -0.39 is 0 Å². The summed E-state index contributed by atoms with van der Waals surface area (Å²) in [6.45, 7) is 0.712. The van der Waals surface area contributed by atoms with E-state index in [2.05, 4.69) is 0 Å². The molecule has 108 valence electrons. The molecule has 3 nitrogen and oxygen atoms in total. The van der Waals surface area contributed by atoms with Gasteiger partial charge in [-0.3, -0.25) is 4.79 Å². The number of likely N-dealkylation sites (tertiary alicyclic amines) is 1. The fourth-order valence-corrected chi connectivity index (χ4v) is 2.85. The van der Waals surface area contributed by atoms with E-state index in [1.165, 1.54) is 6.08 Å². The molecule has 0 aliphatic carbocycles. The number of hydrogen-bond donors (Lipinski definition) is 1. The van der Waals surface area contributed by atoms with Gasteiger partial charge in [0.2, 0.25) is 5.91 Å². The van der Waals surface area contributed by atoms with Crippen LogP contribution in [0.2, 0.25) is 10.0 Å². The summed E-state index contributed by atoms with van der Waals surface area (Å²) in [4.78, 5) is 13.9. The molecule has 0 saturated carbocycles. The zero-order chi connectivity index (χ0) is 14.5. The molecule has 1 aliphatic heterocycles. The van der Waals surface area contributed by atoms with Crippen molar-refractivity contribution in [1.82, 2.24) is 4.90 Å². The normalized spacial score (nSPS) is 19.6. The molecule has 1 fully saturated rings. The first-order valence-electron chi connectivity index (χ1n) is 6.66. The number of piperidine rings is 1. The van der Waals surface area contributed by atoms with Crippen molar-refractivity contribution in [2.75, 3.05) is 13.2 Å². The van der Waals surface area contributed by atoms with Crippen molar-refractivity contribution in [3.8, 4) is 0 Å². The van der Waals surface area contributed by atoms with Crippen LogP contribution in [0.3, 0.4) is 0 Å².